The Morgan fingerprint density at radius 3 is 2.13 bits per heavy atom. The predicted molar refractivity (Wildman–Crippen MR) is 195 cm³/mol. The first-order valence-electron chi connectivity index (χ1n) is 18.0. The van der Waals surface area contributed by atoms with Gasteiger partial charge in [0.15, 0.2) is 0 Å². The fourth-order valence-corrected chi connectivity index (χ4v) is 8.76. The number of benzene rings is 2. The van der Waals surface area contributed by atoms with Crippen LogP contribution in [0.3, 0.4) is 0 Å². The van der Waals surface area contributed by atoms with Crippen molar-refractivity contribution in [3.05, 3.63) is 72.8 Å². The van der Waals surface area contributed by atoms with Gasteiger partial charge in [-0.1, -0.05) is 81.4 Å². The second-order valence-electron chi connectivity index (χ2n) is 16.1. The summed E-state index contributed by atoms with van der Waals surface area (Å²) in [6.07, 6.45) is 4.31. The number of likely N-dealkylation sites (tertiary alicyclic amines) is 1. The van der Waals surface area contributed by atoms with Crippen LogP contribution in [-0.2, 0) is 39.5 Å². The molecule has 0 bridgehead atoms. The predicted octanol–water partition coefficient (Wildman–Crippen LogP) is 4.55. The van der Waals surface area contributed by atoms with Gasteiger partial charge in [-0.3, -0.25) is 19.1 Å². The molecule has 0 unspecified atom stereocenters. The maximum Gasteiger partial charge on any atom is 0.408 e. The number of methoxy groups -OCH3 is 1. The Labute approximate surface area is 306 Å². The molecule has 1 saturated heterocycles. The fraction of sp³-hybridized carbons (Fsp3) is 0.538. The standard InChI is InChI=1S/C39H50N4O8S/c1-7-27-22-39(27,34(46)42-52(48,49)29-18-19-29)41-32(44)30-23-38(50-6,28-16-14-26(15-17-28)25-12-9-8-10-13-25)24-43(30)33(45)31(36(2,3)4)40-35(47)51-37(5)20-11-21-37/h7-10,12-17,27,29-31H,1,11,18-24H2,2-6H3,(H,40,47)(H,41,44)(H,42,46)/t27-,30+,31-,38+,39-/m1/s1. The molecule has 52 heavy (non-hydrogen) atoms. The Bertz CT molecular complexity index is 1840. The van der Waals surface area contributed by atoms with Crippen LogP contribution in [0.1, 0.15) is 78.2 Å². The summed E-state index contributed by atoms with van der Waals surface area (Å²) in [5, 5.41) is 5.00. The summed E-state index contributed by atoms with van der Waals surface area (Å²) in [7, 11) is -2.37. The van der Waals surface area contributed by atoms with Crippen molar-refractivity contribution in [3.8, 4) is 11.1 Å². The van der Waals surface area contributed by atoms with Crippen molar-refractivity contribution in [2.24, 2.45) is 11.3 Å². The lowest BCUT2D eigenvalue weighted by Gasteiger charge is -2.39. The van der Waals surface area contributed by atoms with E-state index in [9.17, 15) is 27.6 Å². The summed E-state index contributed by atoms with van der Waals surface area (Å²) in [6, 6.07) is 15.4. The minimum atomic E-state index is -3.89. The zero-order chi connectivity index (χ0) is 37.7. The molecule has 3 saturated carbocycles. The Balaban J connectivity index is 1.32. The second kappa shape index (κ2) is 13.6. The van der Waals surface area contributed by atoms with Gasteiger partial charge in [-0.05, 0) is 67.6 Å². The van der Waals surface area contributed by atoms with E-state index in [1.165, 1.54) is 18.1 Å². The van der Waals surface area contributed by atoms with E-state index in [1.807, 2.05) is 82.3 Å². The molecule has 3 N–H and O–H groups in total. The van der Waals surface area contributed by atoms with Gasteiger partial charge in [-0.15, -0.1) is 6.58 Å². The molecule has 5 atom stereocenters. The third-order valence-corrected chi connectivity index (χ3v) is 13.0. The summed E-state index contributed by atoms with van der Waals surface area (Å²) in [5.74, 6) is -2.51. The highest BCUT2D eigenvalue weighted by molar-refractivity contribution is 7.91. The van der Waals surface area contributed by atoms with Gasteiger partial charge in [0, 0.05) is 19.4 Å². The molecule has 280 valence electrons. The van der Waals surface area contributed by atoms with E-state index in [0.717, 1.165) is 36.0 Å². The highest BCUT2D eigenvalue weighted by Crippen LogP contribution is 2.47. The molecule has 0 spiro atoms. The SMILES string of the molecule is C=C[C@@H]1C[C@]1(NC(=O)[C@@H]1C[C@@](OC)(c2ccc(-c3ccccc3)cc2)CN1C(=O)[C@@H](NC(=O)OC1(C)CCC1)C(C)(C)C)C(=O)NS(=O)(=O)C1CC1. The Kier molecular flexibility index (Phi) is 9.84. The van der Waals surface area contributed by atoms with Gasteiger partial charge in [0.05, 0.1) is 11.8 Å². The van der Waals surface area contributed by atoms with E-state index in [0.29, 0.717) is 12.8 Å². The van der Waals surface area contributed by atoms with Crippen LogP contribution in [-0.4, -0.2) is 79.3 Å². The van der Waals surface area contributed by atoms with E-state index in [4.69, 9.17) is 9.47 Å². The molecule has 0 radical (unpaired) electrons. The molecular formula is C39H50N4O8S. The number of rotatable bonds is 12. The molecule has 4 aliphatic rings. The first-order valence-corrected chi connectivity index (χ1v) is 19.5. The number of nitrogens with zero attached hydrogens (tertiary/aromatic N) is 1. The Hall–Kier alpha value is -4.23. The number of ether oxygens (including phenoxy) is 2. The monoisotopic (exact) mass is 734 g/mol. The van der Waals surface area contributed by atoms with E-state index in [-0.39, 0.29) is 19.4 Å². The second-order valence-corrected chi connectivity index (χ2v) is 18.1. The zero-order valence-electron chi connectivity index (χ0n) is 30.6. The van der Waals surface area contributed by atoms with Gasteiger partial charge in [0.1, 0.15) is 28.8 Å². The highest BCUT2D eigenvalue weighted by atomic mass is 32.2. The smallest absolute Gasteiger partial charge is 0.408 e. The van der Waals surface area contributed by atoms with Gasteiger partial charge in [-0.25, -0.2) is 13.2 Å². The van der Waals surface area contributed by atoms with E-state index >= 15 is 0 Å². The fourth-order valence-electron chi connectivity index (χ4n) is 7.39. The van der Waals surface area contributed by atoms with Crippen LogP contribution in [0.4, 0.5) is 4.79 Å². The van der Waals surface area contributed by atoms with Crippen molar-refractivity contribution < 1.29 is 37.1 Å². The molecule has 13 heteroatoms. The number of nitrogens with one attached hydrogen (secondary N) is 3. The lowest BCUT2D eigenvalue weighted by atomic mass is 9.82. The van der Waals surface area contributed by atoms with Crippen molar-refractivity contribution in [1.29, 1.82) is 0 Å². The molecule has 4 fully saturated rings. The number of hydrogen-bond donors (Lipinski definition) is 3. The van der Waals surface area contributed by atoms with Crippen molar-refractivity contribution in [1.82, 2.24) is 20.3 Å². The molecule has 0 aromatic heterocycles. The molecule has 1 aliphatic heterocycles. The molecule has 6 rings (SSSR count). The van der Waals surface area contributed by atoms with E-state index < -0.39 is 79.2 Å². The minimum absolute atomic E-state index is 0.0297. The van der Waals surface area contributed by atoms with Crippen LogP contribution in [0.2, 0.25) is 0 Å². The molecule has 1 heterocycles. The largest absolute Gasteiger partial charge is 0.443 e. The summed E-state index contributed by atoms with van der Waals surface area (Å²) in [6.45, 7) is 11.1. The van der Waals surface area contributed by atoms with Crippen molar-refractivity contribution in [2.75, 3.05) is 13.7 Å². The van der Waals surface area contributed by atoms with Gasteiger partial charge >= 0.3 is 6.09 Å². The minimum Gasteiger partial charge on any atom is -0.443 e. The van der Waals surface area contributed by atoms with Crippen LogP contribution in [0.15, 0.2) is 67.3 Å². The Morgan fingerprint density at radius 2 is 1.62 bits per heavy atom. The molecular weight excluding hydrogens is 685 g/mol. The molecule has 3 aliphatic carbocycles. The quantitative estimate of drug-likeness (QED) is 0.268. The average Bonchev–Trinajstić information content (AvgIpc) is 4.03. The highest BCUT2D eigenvalue weighted by Gasteiger charge is 2.63. The van der Waals surface area contributed by atoms with Crippen molar-refractivity contribution in [2.45, 2.75) is 107 Å². The summed E-state index contributed by atoms with van der Waals surface area (Å²) < 4.78 is 39.6. The lowest BCUT2D eigenvalue weighted by molar-refractivity contribution is -0.143. The molecule has 12 nitrogen and oxygen atoms in total. The summed E-state index contributed by atoms with van der Waals surface area (Å²) >= 11 is 0. The van der Waals surface area contributed by atoms with Crippen LogP contribution in [0.25, 0.3) is 11.1 Å². The maximum atomic E-state index is 14.7. The zero-order valence-corrected chi connectivity index (χ0v) is 31.4. The van der Waals surface area contributed by atoms with Gasteiger partial charge in [-0.2, -0.15) is 0 Å². The number of carbonyl (C=O) groups is 4. The number of hydrogen-bond acceptors (Lipinski definition) is 8. The molecule has 4 amide bonds. The molecule has 2 aromatic carbocycles. The normalized spacial score (nSPS) is 27.1. The third kappa shape index (κ3) is 7.34. The van der Waals surface area contributed by atoms with Crippen LogP contribution in [0, 0.1) is 11.3 Å². The first-order chi connectivity index (χ1) is 24.5. The van der Waals surface area contributed by atoms with Gasteiger partial charge in [0.25, 0.3) is 5.91 Å². The number of carbonyl (C=O) groups excluding carboxylic acids is 4. The Morgan fingerprint density at radius 1 is 0.981 bits per heavy atom. The van der Waals surface area contributed by atoms with Gasteiger partial charge in [0.2, 0.25) is 21.8 Å². The number of amides is 4. The van der Waals surface area contributed by atoms with Crippen LogP contribution < -0.4 is 15.4 Å². The maximum absolute atomic E-state index is 14.7. The molecule has 2 aromatic rings. The van der Waals surface area contributed by atoms with Crippen molar-refractivity contribution >= 4 is 33.8 Å². The number of alkyl carbamates (subject to hydrolysis) is 1. The van der Waals surface area contributed by atoms with Crippen molar-refractivity contribution in [3.63, 3.8) is 0 Å². The average molecular weight is 735 g/mol. The first kappa shape index (κ1) is 37.5. The van der Waals surface area contributed by atoms with E-state index in [1.54, 1.807) is 0 Å². The summed E-state index contributed by atoms with van der Waals surface area (Å²) in [5.41, 5.74) is -1.34. The van der Waals surface area contributed by atoms with E-state index in [2.05, 4.69) is 21.9 Å². The summed E-state index contributed by atoms with van der Waals surface area (Å²) in [4.78, 5) is 57.3. The van der Waals surface area contributed by atoms with Crippen LogP contribution in [0.5, 0.6) is 0 Å². The number of sulfonamides is 1. The van der Waals surface area contributed by atoms with Gasteiger partial charge < -0.3 is 25.0 Å². The lowest BCUT2D eigenvalue weighted by Crippen LogP contribution is -2.60. The third-order valence-electron chi connectivity index (χ3n) is 11.2. The topological polar surface area (TPSA) is 160 Å². The van der Waals surface area contributed by atoms with Crippen LogP contribution >= 0.6 is 0 Å².